The molecule has 0 atom stereocenters. The average molecular weight is 292 g/mol. The molecule has 0 radical (unpaired) electrons. The molecule has 6 heteroatoms. The van der Waals surface area contributed by atoms with Crippen molar-refractivity contribution in [2.24, 2.45) is 5.41 Å². The van der Waals surface area contributed by atoms with Crippen molar-refractivity contribution in [3.63, 3.8) is 0 Å². The zero-order chi connectivity index (χ0) is 7.07. The summed E-state index contributed by atoms with van der Waals surface area (Å²) in [7, 11) is 0. The van der Waals surface area contributed by atoms with Gasteiger partial charge >= 0.3 is 11.9 Å². The minimum Gasteiger partial charge on any atom is -0.480 e. The van der Waals surface area contributed by atoms with Crippen LogP contribution in [0, 0.1) is 5.41 Å². The van der Waals surface area contributed by atoms with Gasteiger partial charge in [-0.3, -0.25) is 9.59 Å². The molecule has 0 unspecified atom stereocenters. The molecule has 0 aromatic rings. The Balaban J connectivity index is 0. The third-order valence-corrected chi connectivity index (χ3v) is 1.57. The van der Waals surface area contributed by atoms with Crippen molar-refractivity contribution >= 4 is 45.9 Å². The summed E-state index contributed by atoms with van der Waals surface area (Å²) in [6.45, 7) is 0. The van der Waals surface area contributed by atoms with E-state index in [1.165, 1.54) is 0 Å². The maximum Gasteiger partial charge on any atom is 0.321 e. The van der Waals surface area contributed by atoms with Gasteiger partial charge < -0.3 is 10.2 Å². The number of carbonyl (C=O) groups is 2. The highest BCUT2D eigenvalue weighted by Gasteiger charge is 2.57. The third-order valence-electron chi connectivity index (χ3n) is 1.57. The van der Waals surface area contributed by atoms with E-state index in [-0.39, 0.29) is 46.8 Å². The first kappa shape index (κ1) is 13.5. The molecule has 0 heterocycles. The minimum absolute atomic E-state index is 0. The Labute approximate surface area is 84.1 Å². The second-order valence-corrected chi connectivity index (χ2v) is 2.19. The lowest BCUT2D eigenvalue weighted by atomic mass is 10.1. The van der Waals surface area contributed by atoms with Crippen LogP contribution >= 0.6 is 34.0 Å². The van der Waals surface area contributed by atoms with Crippen molar-refractivity contribution in [1.82, 2.24) is 0 Å². The SMILES string of the molecule is Br.Br.O=C(O)C1(C(=O)O)CC1. The summed E-state index contributed by atoms with van der Waals surface area (Å²) >= 11 is 0. The van der Waals surface area contributed by atoms with Crippen molar-refractivity contribution in [3.8, 4) is 0 Å². The summed E-state index contributed by atoms with van der Waals surface area (Å²) in [5, 5.41) is 16.6. The van der Waals surface area contributed by atoms with E-state index in [0.717, 1.165) is 0 Å². The largest absolute Gasteiger partial charge is 0.480 e. The molecule has 0 aliphatic heterocycles. The Morgan fingerprint density at radius 1 is 1.00 bits per heavy atom. The maximum absolute atomic E-state index is 10.1. The summed E-state index contributed by atoms with van der Waals surface area (Å²) in [5.74, 6) is -2.43. The second kappa shape index (κ2) is 4.06. The molecule has 1 rings (SSSR count). The van der Waals surface area contributed by atoms with Crippen LogP contribution in [0.15, 0.2) is 0 Å². The van der Waals surface area contributed by atoms with E-state index < -0.39 is 17.4 Å². The first-order valence-corrected chi connectivity index (χ1v) is 2.56. The number of rotatable bonds is 2. The van der Waals surface area contributed by atoms with Crippen LogP contribution in [0.1, 0.15) is 12.8 Å². The topological polar surface area (TPSA) is 74.6 Å². The molecule has 4 nitrogen and oxygen atoms in total. The molecular weight excluding hydrogens is 284 g/mol. The van der Waals surface area contributed by atoms with Gasteiger partial charge in [0.1, 0.15) is 0 Å². The first-order valence-electron chi connectivity index (χ1n) is 2.56. The molecule has 0 spiro atoms. The van der Waals surface area contributed by atoms with Gasteiger partial charge in [-0.2, -0.15) is 0 Å². The first-order chi connectivity index (χ1) is 4.09. The highest BCUT2D eigenvalue weighted by molar-refractivity contribution is 8.93. The third kappa shape index (κ3) is 2.16. The van der Waals surface area contributed by atoms with Gasteiger partial charge in [-0.15, -0.1) is 34.0 Å². The number of hydrogen-bond acceptors (Lipinski definition) is 2. The predicted octanol–water partition coefficient (Wildman–Crippen LogP) is 1.09. The lowest BCUT2D eigenvalue weighted by Crippen LogP contribution is -2.24. The summed E-state index contributed by atoms with van der Waals surface area (Å²) in [6, 6.07) is 0. The van der Waals surface area contributed by atoms with E-state index in [1.54, 1.807) is 0 Å². The van der Waals surface area contributed by atoms with Gasteiger partial charge in [0.05, 0.1) is 0 Å². The molecule has 1 aliphatic rings. The fourth-order valence-corrected chi connectivity index (χ4v) is 0.644. The number of halogens is 2. The molecule has 0 amide bonds. The number of carboxylic acid groups (broad SMARTS) is 2. The molecule has 1 aliphatic carbocycles. The smallest absolute Gasteiger partial charge is 0.321 e. The van der Waals surface area contributed by atoms with Crippen LogP contribution in [0.4, 0.5) is 0 Å². The van der Waals surface area contributed by atoms with E-state index in [9.17, 15) is 9.59 Å². The van der Waals surface area contributed by atoms with Crippen LogP contribution in [0.25, 0.3) is 0 Å². The fraction of sp³-hybridized carbons (Fsp3) is 0.600. The molecule has 11 heavy (non-hydrogen) atoms. The van der Waals surface area contributed by atoms with Crippen molar-refractivity contribution in [3.05, 3.63) is 0 Å². The van der Waals surface area contributed by atoms with Crippen LogP contribution in [0.3, 0.4) is 0 Å². The highest BCUT2D eigenvalue weighted by Crippen LogP contribution is 2.45. The van der Waals surface area contributed by atoms with Crippen LogP contribution < -0.4 is 0 Å². The average Bonchev–Trinajstić information content (AvgIpc) is 2.40. The van der Waals surface area contributed by atoms with Crippen molar-refractivity contribution in [2.75, 3.05) is 0 Å². The van der Waals surface area contributed by atoms with Gasteiger partial charge in [-0.1, -0.05) is 0 Å². The molecular formula is C5H8Br2O4. The van der Waals surface area contributed by atoms with Gasteiger partial charge in [0, 0.05) is 0 Å². The zero-order valence-electron chi connectivity index (χ0n) is 5.44. The molecule has 1 saturated carbocycles. The number of aliphatic carboxylic acids is 2. The van der Waals surface area contributed by atoms with Crippen molar-refractivity contribution in [1.29, 1.82) is 0 Å². The Morgan fingerprint density at radius 2 is 1.27 bits per heavy atom. The Hall–Kier alpha value is -0.100. The summed E-state index contributed by atoms with van der Waals surface area (Å²) in [5.41, 5.74) is -1.42. The Bertz CT molecular complexity index is 159. The quantitative estimate of drug-likeness (QED) is 0.747. The van der Waals surface area contributed by atoms with E-state index in [1.807, 2.05) is 0 Å². The summed E-state index contributed by atoms with van der Waals surface area (Å²) in [4.78, 5) is 20.3. The lowest BCUT2D eigenvalue weighted by Gasteiger charge is -1.99. The van der Waals surface area contributed by atoms with Crippen LogP contribution in [-0.4, -0.2) is 22.2 Å². The summed E-state index contributed by atoms with van der Waals surface area (Å²) < 4.78 is 0. The van der Waals surface area contributed by atoms with Gasteiger partial charge in [-0.25, -0.2) is 0 Å². The standard InChI is InChI=1S/C5H6O4.2BrH/c6-3(7)5(1-2-5)4(8)9;;/h1-2H2,(H,6,7)(H,8,9);2*1H. The number of carboxylic acids is 2. The summed E-state index contributed by atoms with van der Waals surface area (Å²) in [6.07, 6.45) is 0.551. The van der Waals surface area contributed by atoms with Gasteiger partial charge in [0.25, 0.3) is 0 Å². The van der Waals surface area contributed by atoms with E-state index in [0.29, 0.717) is 0 Å². The van der Waals surface area contributed by atoms with E-state index in [2.05, 4.69) is 0 Å². The van der Waals surface area contributed by atoms with Gasteiger partial charge in [0.15, 0.2) is 5.41 Å². The predicted molar refractivity (Wildman–Crippen MR) is 47.6 cm³/mol. The van der Waals surface area contributed by atoms with Crippen LogP contribution in [0.5, 0.6) is 0 Å². The van der Waals surface area contributed by atoms with Crippen molar-refractivity contribution in [2.45, 2.75) is 12.8 Å². The highest BCUT2D eigenvalue weighted by atomic mass is 79.9. The zero-order valence-corrected chi connectivity index (χ0v) is 8.87. The molecule has 2 N–H and O–H groups in total. The maximum atomic E-state index is 10.1. The lowest BCUT2D eigenvalue weighted by molar-refractivity contribution is -0.156. The number of hydrogen-bond donors (Lipinski definition) is 2. The second-order valence-electron chi connectivity index (χ2n) is 2.19. The van der Waals surface area contributed by atoms with E-state index in [4.69, 9.17) is 10.2 Å². The molecule has 0 bridgehead atoms. The normalized spacial score (nSPS) is 17.1. The Kier molecular flexibility index (Phi) is 4.98. The molecule has 0 saturated heterocycles. The van der Waals surface area contributed by atoms with Crippen molar-refractivity contribution < 1.29 is 19.8 Å². The van der Waals surface area contributed by atoms with Crippen LogP contribution in [-0.2, 0) is 9.59 Å². The Morgan fingerprint density at radius 3 is 1.27 bits per heavy atom. The van der Waals surface area contributed by atoms with Gasteiger partial charge in [0.2, 0.25) is 0 Å². The van der Waals surface area contributed by atoms with Gasteiger partial charge in [-0.05, 0) is 12.8 Å². The minimum atomic E-state index is -1.42. The van der Waals surface area contributed by atoms with Crippen LogP contribution in [0.2, 0.25) is 0 Å². The van der Waals surface area contributed by atoms with E-state index >= 15 is 0 Å². The fourth-order valence-electron chi connectivity index (χ4n) is 0.644. The monoisotopic (exact) mass is 290 g/mol. The molecule has 0 aromatic heterocycles. The molecule has 66 valence electrons. The molecule has 1 fully saturated rings. The molecule has 0 aromatic carbocycles.